The third-order valence-corrected chi connectivity index (χ3v) is 4.78. The minimum absolute atomic E-state index is 0.0551. The molecule has 0 aliphatic carbocycles. The van der Waals surface area contributed by atoms with Gasteiger partial charge in [-0.3, -0.25) is 4.79 Å². The first-order valence-electron chi connectivity index (χ1n) is 8.51. The van der Waals surface area contributed by atoms with Crippen molar-refractivity contribution in [2.24, 2.45) is 5.92 Å². The Hall–Kier alpha value is -3.22. The van der Waals surface area contributed by atoms with Gasteiger partial charge in [0.15, 0.2) is 5.65 Å². The van der Waals surface area contributed by atoms with E-state index >= 15 is 0 Å². The lowest BCUT2D eigenvalue weighted by Gasteiger charge is -2.16. The zero-order valence-electron chi connectivity index (χ0n) is 14.1. The minimum atomic E-state index is -0.921. The molecule has 1 fully saturated rings. The molecule has 1 N–H and O–H groups in total. The number of rotatable bonds is 4. The van der Waals surface area contributed by atoms with Crippen LogP contribution in [-0.4, -0.2) is 49.6 Å². The fourth-order valence-corrected chi connectivity index (χ4v) is 3.50. The van der Waals surface area contributed by atoms with E-state index in [1.807, 2.05) is 11.0 Å². The molecule has 7 heteroatoms. The van der Waals surface area contributed by atoms with Crippen molar-refractivity contribution < 1.29 is 14.7 Å². The Morgan fingerprint density at radius 3 is 3.00 bits per heavy atom. The number of hydrogen-bond donors (Lipinski definition) is 1. The zero-order chi connectivity index (χ0) is 18.1. The number of carboxylic acid groups (broad SMARTS) is 1. The van der Waals surface area contributed by atoms with E-state index in [2.05, 4.69) is 10.1 Å². The lowest BCUT2D eigenvalue weighted by Crippen LogP contribution is -2.29. The molecule has 0 radical (unpaired) electrons. The molecular weight excluding hydrogens is 332 g/mol. The van der Waals surface area contributed by atoms with E-state index < -0.39 is 5.97 Å². The monoisotopic (exact) mass is 350 g/mol. The third kappa shape index (κ3) is 3.03. The van der Waals surface area contributed by atoms with Gasteiger partial charge in [-0.15, -0.1) is 0 Å². The number of likely N-dealkylation sites (tertiary alicyclic amines) is 1. The second kappa shape index (κ2) is 6.59. The smallest absolute Gasteiger partial charge is 0.335 e. The maximum atomic E-state index is 12.8. The number of hydrogen-bond acceptors (Lipinski definition) is 4. The number of carbonyl (C=O) groups excluding carboxylic acids is 1. The van der Waals surface area contributed by atoms with Gasteiger partial charge < -0.3 is 10.0 Å². The molecule has 1 atom stereocenters. The lowest BCUT2D eigenvalue weighted by atomic mass is 9.97. The number of carboxylic acids is 1. The molecular formula is C19H18N4O3. The number of aromatic nitrogens is 3. The zero-order valence-corrected chi connectivity index (χ0v) is 14.1. The van der Waals surface area contributed by atoms with E-state index in [9.17, 15) is 9.59 Å². The number of carbonyl (C=O) groups is 2. The van der Waals surface area contributed by atoms with Crippen molar-refractivity contribution in [3.63, 3.8) is 0 Å². The highest BCUT2D eigenvalue weighted by Gasteiger charge is 2.29. The first-order valence-corrected chi connectivity index (χ1v) is 8.51. The Bertz CT molecular complexity index is 982. The number of amides is 1. The van der Waals surface area contributed by atoms with Crippen molar-refractivity contribution in [1.82, 2.24) is 19.5 Å². The molecule has 0 bridgehead atoms. The van der Waals surface area contributed by atoms with Crippen LogP contribution in [0, 0.1) is 5.92 Å². The summed E-state index contributed by atoms with van der Waals surface area (Å²) in [6.45, 7) is 1.34. The highest BCUT2D eigenvalue weighted by Crippen LogP contribution is 2.23. The van der Waals surface area contributed by atoms with Gasteiger partial charge in [-0.25, -0.2) is 14.3 Å². The van der Waals surface area contributed by atoms with Crippen molar-refractivity contribution in [2.45, 2.75) is 12.8 Å². The Morgan fingerprint density at radius 2 is 2.15 bits per heavy atom. The summed E-state index contributed by atoms with van der Waals surface area (Å²) < 4.78 is 1.60. The first-order chi connectivity index (χ1) is 12.6. The van der Waals surface area contributed by atoms with Gasteiger partial charge in [0.05, 0.1) is 11.8 Å². The molecule has 1 aliphatic rings. The molecule has 4 rings (SSSR count). The molecule has 132 valence electrons. The highest BCUT2D eigenvalue weighted by molar-refractivity contribution is 5.99. The number of fused-ring (bicyclic) bond motifs is 1. The van der Waals surface area contributed by atoms with Gasteiger partial charge in [-0.05, 0) is 42.5 Å². The second-order valence-electron chi connectivity index (χ2n) is 6.56. The molecule has 2 aromatic heterocycles. The van der Waals surface area contributed by atoms with Crippen molar-refractivity contribution >= 4 is 17.5 Å². The fourth-order valence-electron chi connectivity index (χ4n) is 3.50. The van der Waals surface area contributed by atoms with Crippen molar-refractivity contribution in [1.29, 1.82) is 0 Å². The van der Waals surface area contributed by atoms with Gasteiger partial charge in [0.2, 0.25) is 0 Å². The van der Waals surface area contributed by atoms with Crippen LogP contribution >= 0.6 is 0 Å². The van der Waals surface area contributed by atoms with Crippen LogP contribution in [0.1, 0.15) is 32.7 Å². The molecule has 26 heavy (non-hydrogen) atoms. The van der Waals surface area contributed by atoms with Crippen molar-refractivity contribution in [3.05, 3.63) is 65.6 Å². The Morgan fingerprint density at radius 1 is 1.27 bits per heavy atom. The fraction of sp³-hybridized carbons (Fsp3) is 0.263. The quantitative estimate of drug-likeness (QED) is 0.779. The largest absolute Gasteiger partial charge is 0.478 e. The molecule has 1 aliphatic heterocycles. The van der Waals surface area contributed by atoms with E-state index in [0.717, 1.165) is 18.4 Å². The van der Waals surface area contributed by atoms with Gasteiger partial charge in [0.25, 0.3) is 5.91 Å². The summed E-state index contributed by atoms with van der Waals surface area (Å²) in [6, 6.07) is 8.77. The summed E-state index contributed by atoms with van der Waals surface area (Å²) >= 11 is 0. The van der Waals surface area contributed by atoms with Crippen LogP contribution in [0.4, 0.5) is 0 Å². The van der Waals surface area contributed by atoms with Crippen LogP contribution in [-0.2, 0) is 6.42 Å². The Balaban J connectivity index is 1.46. The summed E-state index contributed by atoms with van der Waals surface area (Å²) in [4.78, 5) is 30.0. The van der Waals surface area contributed by atoms with Crippen LogP contribution in [0.5, 0.6) is 0 Å². The number of nitrogens with zero attached hydrogens (tertiary/aromatic N) is 4. The molecule has 0 spiro atoms. The van der Waals surface area contributed by atoms with E-state index in [0.29, 0.717) is 35.8 Å². The second-order valence-corrected chi connectivity index (χ2v) is 6.56. The van der Waals surface area contributed by atoms with Crippen LogP contribution in [0.2, 0.25) is 0 Å². The predicted molar refractivity (Wildman–Crippen MR) is 94.1 cm³/mol. The van der Waals surface area contributed by atoms with Crippen LogP contribution in [0.25, 0.3) is 5.65 Å². The molecule has 1 aromatic carbocycles. The van der Waals surface area contributed by atoms with Crippen LogP contribution < -0.4 is 0 Å². The van der Waals surface area contributed by atoms with Gasteiger partial charge in [0.1, 0.15) is 5.56 Å². The molecule has 7 nitrogen and oxygen atoms in total. The van der Waals surface area contributed by atoms with E-state index in [1.165, 1.54) is 0 Å². The predicted octanol–water partition coefficient (Wildman–Crippen LogP) is 2.13. The Labute approximate surface area is 149 Å². The lowest BCUT2D eigenvalue weighted by molar-refractivity contribution is 0.0696. The molecule has 0 saturated carbocycles. The van der Waals surface area contributed by atoms with Gasteiger partial charge in [-0.2, -0.15) is 5.10 Å². The SMILES string of the molecule is O=C(O)c1cccc(CC2CCN(C(=O)c3cnn4cccnc34)C2)c1. The molecule has 3 aromatic rings. The molecule has 1 saturated heterocycles. The van der Waals surface area contributed by atoms with Gasteiger partial charge in [0, 0.05) is 25.5 Å². The average Bonchev–Trinajstić information content (AvgIpc) is 3.28. The normalized spacial score (nSPS) is 16.9. The van der Waals surface area contributed by atoms with E-state index in [1.54, 1.807) is 47.4 Å². The minimum Gasteiger partial charge on any atom is -0.478 e. The summed E-state index contributed by atoms with van der Waals surface area (Å²) in [5.74, 6) is -0.658. The summed E-state index contributed by atoms with van der Waals surface area (Å²) in [5.41, 5.74) is 2.36. The third-order valence-electron chi connectivity index (χ3n) is 4.78. The van der Waals surface area contributed by atoms with Crippen molar-refractivity contribution in [2.75, 3.05) is 13.1 Å². The topological polar surface area (TPSA) is 87.8 Å². The average molecular weight is 350 g/mol. The highest BCUT2D eigenvalue weighted by atomic mass is 16.4. The summed E-state index contributed by atoms with van der Waals surface area (Å²) in [6.07, 6.45) is 6.64. The summed E-state index contributed by atoms with van der Waals surface area (Å²) in [5, 5.41) is 13.3. The van der Waals surface area contributed by atoms with E-state index in [4.69, 9.17) is 5.11 Å². The number of aromatic carboxylic acids is 1. The molecule has 3 heterocycles. The first kappa shape index (κ1) is 16.3. The van der Waals surface area contributed by atoms with Crippen LogP contribution in [0.15, 0.2) is 48.9 Å². The van der Waals surface area contributed by atoms with Gasteiger partial charge >= 0.3 is 5.97 Å². The van der Waals surface area contributed by atoms with Gasteiger partial charge in [-0.1, -0.05) is 12.1 Å². The molecule has 1 amide bonds. The maximum Gasteiger partial charge on any atom is 0.335 e. The van der Waals surface area contributed by atoms with Crippen molar-refractivity contribution in [3.8, 4) is 0 Å². The molecule has 1 unspecified atom stereocenters. The Kier molecular flexibility index (Phi) is 4.12. The number of benzene rings is 1. The standard InChI is InChI=1S/C19H18N4O3/c24-18(16-11-21-23-7-2-6-20-17(16)23)22-8-5-14(12-22)9-13-3-1-4-15(10-13)19(25)26/h1-4,6-7,10-11,14H,5,8-9,12H2,(H,25,26). The maximum absolute atomic E-state index is 12.8. The van der Waals surface area contributed by atoms with E-state index in [-0.39, 0.29) is 5.91 Å². The summed E-state index contributed by atoms with van der Waals surface area (Å²) in [7, 11) is 0. The van der Waals surface area contributed by atoms with Crippen LogP contribution in [0.3, 0.4) is 0 Å².